The summed E-state index contributed by atoms with van der Waals surface area (Å²) < 4.78 is 0. The lowest BCUT2D eigenvalue weighted by Gasteiger charge is -2.18. The van der Waals surface area contributed by atoms with E-state index in [1.807, 2.05) is 13.0 Å². The summed E-state index contributed by atoms with van der Waals surface area (Å²) in [5, 5.41) is 9.24. The monoisotopic (exact) mass is 254 g/mol. The lowest BCUT2D eigenvalue weighted by molar-refractivity contribution is -0.122. The molecule has 4 nitrogen and oxygen atoms in total. The number of amides is 2. The number of nitriles is 1. The average molecular weight is 254 g/mol. The normalized spacial score (nSPS) is 25.6. The first-order valence-corrected chi connectivity index (χ1v) is 6.52. The molecule has 1 aromatic carbocycles. The standard InChI is InChI=1S/C15H14N2O2/c1-9-4-2-7-13(12(9)8-16)17-14(18)10-5-3-6-11(10)15(17)19/h2,4,7,10-11H,3,5-6H2,1H3. The van der Waals surface area contributed by atoms with Crippen LogP contribution in [-0.2, 0) is 9.59 Å². The minimum absolute atomic E-state index is 0.130. The molecule has 1 saturated heterocycles. The first kappa shape index (κ1) is 11.9. The van der Waals surface area contributed by atoms with E-state index in [-0.39, 0.29) is 23.7 Å². The molecular weight excluding hydrogens is 240 g/mol. The summed E-state index contributed by atoms with van der Waals surface area (Å²) in [6.45, 7) is 1.81. The maximum atomic E-state index is 12.4. The third-order valence-corrected chi connectivity index (χ3v) is 4.19. The van der Waals surface area contributed by atoms with E-state index >= 15 is 0 Å². The molecule has 2 amide bonds. The predicted molar refractivity (Wildman–Crippen MR) is 69.2 cm³/mol. The van der Waals surface area contributed by atoms with Crippen molar-refractivity contribution in [1.82, 2.24) is 0 Å². The Morgan fingerprint density at radius 3 is 2.42 bits per heavy atom. The van der Waals surface area contributed by atoms with Gasteiger partial charge < -0.3 is 0 Å². The van der Waals surface area contributed by atoms with Crippen LogP contribution in [0.3, 0.4) is 0 Å². The number of fused-ring (bicyclic) bond motifs is 1. The van der Waals surface area contributed by atoms with Gasteiger partial charge in [-0.2, -0.15) is 5.26 Å². The van der Waals surface area contributed by atoms with E-state index in [4.69, 9.17) is 0 Å². The van der Waals surface area contributed by atoms with Gasteiger partial charge in [0.2, 0.25) is 11.8 Å². The zero-order valence-corrected chi connectivity index (χ0v) is 10.7. The minimum Gasteiger partial charge on any atom is -0.274 e. The molecule has 4 heteroatoms. The lowest BCUT2D eigenvalue weighted by atomic mass is 10.00. The molecule has 0 N–H and O–H groups in total. The Bertz CT molecular complexity index is 593. The van der Waals surface area contributed by atoms with Crippen LogP contribution in [0.5, 0.6) is 0 Å². The second-order valence-corrected chi connectivity index (χ2v) is 5.24. The molecule has 96 valence electrons. The predicted octanol–water partition coefficient (Wildman–Crippen LogP) is 2.16. The largest absolute Gasteiger partial charge is 0.274 e. The van der Waals surface area contributed by atoms with Crippen molar-refractivity contribution in [1.29, 1.82) is 5.26 Å². The minimum atomic E-state index is -0.167. The van der Waals surface area contributed by atoms with Crippen molar-refractivity contribution in [3.63, 3.8) is 0 Å². The van der Waals surface area contributed by atoms with E-state index in [9.17, 15) is 14.9 Å². The van der Waals surface area contributed by atoms with Gasteiger partial charge in [-0.3, -0.25) is 9.59 Å². The van der Waals surface area contributed by atoms with Crippen LogP contribution in [0.25, 0.3) is 0 Å². The van der Waals surface area contributed by atoms with Crippen LogP contribution in [0.4, 0.5) is 5.69 Å². The van der Waals surface area contributed by atoms with Crippen LogP contribution in [0, 0.1) is 30.1 Å². The summed E-state index contributed by atoms with van der Waals surface area (Å²) in [6, 6.07) is 7.38. The van der Waals surface area contributed by atoms with Crippen molar-refractivity contribution < 1.29 is 9.59 Å². The Hall–Kier alpha value is -2.15. The molecule has 3 rings (SSSR count). The summed E-state index contributed by atoms with van der Waals surface area (Å²) in [5.41, 5.74) is 1.66. The smallest absolute Gasteiger partial charge is 0.237 e. The highest BCUT2D eigenvalue weighted by atomic mass is 16.2. The number of imide groups is 1. The highest BCUT2D eigenvalue weighted by Gasteiger charge is 2.50. The molecule has 0 spiro atoms. The summed E-state index contributed by atoms with van der Waals surface area (Å²) in [7, 11) is 0. The van der Waals surface area contributed by atoms with Crippen LogP contribution in [0.15, 0.2) is 18.2 Å². The summed E-state index contributed by atoms with van der Waals surface area (Å²) >= 11 is 0. The van der Waals surface area contributed by atoms with Crippen LogP contribution in [0.1, 0.15) is 30.4 Å². The zero-order valence-electron chi connectivity index (χ0n) is 10.7. The highest BCUT2D eigenvalue weighted by molar-refractivity contribution is 6.22. The molecule has 1 aliphatic heterocycles. The summed E-state index contributed by atoms with van der Waals surface area (Å²) in [6.07, 6.45) is 2.53. The van der Waals surface area contributed by atoms with Gasteiger partial charge in [0, 0.05) is 0 Å². The molecule has 2 unspecified atom stereocenters. The number of benzene rings is 1. The topological polar surface area (TPSA) is 61.2 Å². The molecule has 2 aliphatic rings. The molecule has 1 saturated carbocycles. The molecule has 0 bridgehead atoms. The van der Waals surface area contributed by atoms with Crippen LogP contribution in [0.2, 0.25) is 0 Å². The fraction of sp³-hybridized carbons (Fsp3) is 0.400. The molecule has 0 radical (unpaired) electrons. The number of hydrogen-bond acceptors (Lipinski definition) is 3. The van der Waals surface area contributed by atoms with Gasteiger partial charge in [-0.15, -0.1) is 0 Å². The van der Waals surface area contributed by atoms with E-state index in [1.165, 1.54) is 4.90 Å². The van der Waals surface area contributed by atoms with Gasteiger partial charge >= 0.3 is 0 Å². The summed E-state index contributed by atoms with van der Waals surface area (Å²) in [5.74, 6) is -0.594. The molecule has 1 heterocycles. The van der Waals surface area contributed by atoms with Gasteiger partial charge in [0.25, 0.3) is 0 Å². The highest BCUT2D eigenvalue weighted by Crippen LogP contribution is 2.42. The van der Waals surface area contributed by atoms with Gasteiger partial charge in [0.15, 0.2) is 0 Å². The van der Waals surface area contributed by atoms with Gasteiger partial charge in [0.05, 0.1) is 23.1 Å². The van der Waals surface area contributed by atoms with E-state index in [1.54, 1.807) is 12.1 Å². The maximum absolute atomic E-state index is 12.4. The van der Waals surface area contributed by atoms with Gasteiger partial charge in [-0.1, -0.05) is 18.6 Å². The van der Waals surface area contributed by atoms with E-state index in [0.29, 0.717) is 11.3 Å². The van der Waals surface area contributed by atoms with E-state index < -0.39 is 0 Å². The van der Waals surface area contributed by atoms with Crippen molar-refractivity contribution in [2.45, 2.75) is 26.2 Å². The SMILES string of the molecule is Cc1cccc(N2C(=O)C3CCCC3C2=O)c1C#N. The van der Waals surface area contributed by atoms with Crippen LogP contribution >= 0.6 is 0 Å². The molecule has 2 fully saturated rings. The number of carbonyl (C=O) groups excluding carboxylic acids is 2. The van der Waals surface area contributed by atoms with Crippen molar-refractivity contribution in [2.75, 3.05) is 4.90 Å². The number of carbonyl (C=O) groups is 2. The van der Waals surface area contributed by atoms with Gasteiger partial charge in [-0.25, -0.2) is 4.90 Å². The Balaban J connectivity index is 2.09. The second kappa shape index (κ2) is 4.20. The summed E-state index contributed by atoms with van der Waals surface area (Å²) in [4.78, 5) is 26.0. The Morgan fingerprint density at radius 2 is 1.84 bits per heavy atom. The molecule has 1 aliphatic carbocycles. The molecular formula is C15H14N2O2. The fourth-order valence-electron chi connectivity index (χ4n) is 3.21. The van der Waals surface area contributed by atoms with E-state index in [2.05, 4.69) is 6.07 Å². The zero-order chi connectivity index (χ0) is 13.6. The number of hydrogen-bond donors (Lipinski definition) is 0. The average Bonchev–Trinajstić information content (AvgIpc) is 2.95. The number of aryl methyl sites for hydroxylation is 1. The second-order valence-electron chi connectivity index (χ2n) is 5.24. The first-order chi connectivity index (χ1) is 9.15. The van der Waals surface area contributed by atoms with Crippen molar-refractivity contribution in [2.24, 2.45) is 11.8 Å². The molecule has 1 aromatic rings. The van der Waals surface area contributed by atoms with Crippen molar-refractivity contribution in [3.05, 3.63) is 29.3 Å². The number of nitrogens with zero attached hydrogens (tertiary/aromatic N) is 2. The molecule has 0 aromatic heterocycles. The quantitative estimate of drug-likeness (QED) is 0.721. The van der Waals surface area contributed by atoms with Crippen LogP contribution in [-0.4, -0.2) is 11.8 Å². The Labute approximate surface area is 111 Å². The number of rotatable bonds is 1. The lowest BCUT2D eigenvalue weighted by Crippen LogP contribution is -2.32. The third kappa shape index (κ3) is 1.58. The van der Waals surface area contributed by atoms with E-state index in [0.717, 1.165) is 24.8 Å². The third-order valence-electron chi connectivity index (χ3n) is 4.19. The number of anilines is 1. The molecule has 19 heavy (non-hydrogen) atoms. The molecule has 2 atom stereocenters. The maximum Gasteiger partial charge on any atom is 0.237 e. The Kier molecular flexibility index (Phi) is 2.63. The van der Waals surface area contributed by atoms with Crippen LogP contribution < -0.4 is 4.90 Å². The van der Waals surface area contributed by atoms with Crippen molar-refractivity contribution in [3.8, 4) is 6.07 Å². The van der Waals surface area contributed by atoms with Gasteiger partial charge in [0.1, 0.15) is 6.07 Å². The van der Waals surface area contributed by atoms with Gasteiger partial charge in [-0.05, 0) is 31.4 Å². The first-order valence-electron chi connectivity index (χ1n) is 6.52. The Morgan fingerprint density at radius 1 is 1.21 bits per heavy atom. The van der Waals surface area contributed by atoms with Crippen molar-refractivity contribution >= 4 is 17.5 Å². The fourth-order valence-corrected chi connectivity index (χ4v) is 3.21.